The van der Waals surface area contributed by atoms with E-state index in [1.54, 1.807) is 0 Å². The van der Waals surface area contributed by atoms with E-state index in [4.69, 9.17) is 4.74 Å². The molecule has 1 N–H and O–H groups in total. The number of hydrogen-bond donors (Lipinski definition) is 1. The lowest BCUT2D eigenvalue weighted by molar-refractivity contribution is 0.101. The van der Waals surface area contributed by atoms with Gasteiger partial charge in [-0.05, 0) is 51.5 Å². The van der Waals surface area contributed by atoms with Crippen LogP contribution in [0.5, 0.6) is 0 Å². The predicted molar refractivity (Wildman–Crippen MR) is 81.5 cm³/mol. The van der Waals surface area contributed by atoms with E-state index in [1.165, 1.54) is 77.0 Å². The Morgan fingerprint density at radius 3 is 2.47 bits per heavy atom. The molecule has 2 rings (SSSR count). The van der Waals surface area contributed by atoms with Crippen LogP contribution in [0.15, 0.2) is 0 Å². The van der Waals surface area contributed by atoms with Crippen molar-refractivity contribution in [2.45, 2.75) is 89.2 Å². The molecule has 0 aromatic heterocycles. The highest BCUT2D eigenvalue weighted by Gasteiger charge is 2.19. The van der Waals surface area contributed by atoms with Crippen molar-refractivity contribution in [3.63, 3.8) is 0 Å². The molecule has 0 aromatic rings. The summed E-state index contributed by atoms with van der Waals surface area (Å²) in [4.78, 5) is 0. The highest BCUT2D eigenvalue weighted by molar-refractivity contribution is 4.74. The third kappa shape index (κ3) is 5.83. The Kier molecular flexibility index (Phi) is 7.23. The molecule has 0 spiro atoms. The molecule has 0 bridgehead atoms. The highest BCUT2D eigenvalue weighted by Crippen LogP contribution is 2.28. The van der Waals surface area contributed by atoms with Crippen molar-refractivity contribution >= 4 is 0 Å². The number of hydrogen-bond acceptors (Lipinski definition) is 2. The van der Waals surface area contributed by atoms with E-state index in [1.807, 2.05) is 0 Å². The largest absolute Gasteiger partial charge is 0.378 e. The Labute approximate surface area is 119 Å². The smallest absolute Gasteiger partial charge is 0.0576 e. The molecule has 1 heterocycles. The zero-order valence-electron chi connectivity index (χ0n) is 12.8. The quantitative estimate of drug-likeness (QED) is 0.695. The molecule has 1 saturated heterocycles. The normalized spacial score (nSPS) is 27.3. The fourth-order valence-electron chi connectivity index (χ4n) is 3.85. The Bertz CT molecular complexity index is 217. The standard InChI is InChI=1S/C17H33NO/c1-18-16(10-6-11-17-12-7-13-19-17)14-15-8-4-2-3-5-9-15/h15-18H,2-14H2,1H3. The lowest BCUT2D eigenvalue weighted by atomic mass is 9.90. The summed E-state index contributed by atoms with van der Waals surface area (Å²) in [6.45, 7) is 1.00. The van der Waals surface area contributed by atoms with Crippen molar-refractivity contribution in [3.05, 3.63) is 0 Å². The van der Waals surface area contributed by atoms with Crippen molar-refractivity contribution in [3.8, 4) is 0 Å². The van der Waals surface area contributed by atoms with Crippen LogP contribution in [0.2, 0.25) is 0 Å². The lowest BCUT2D eigenvalue weighted by Gasteiger charge is -2.22. The van der Waals surface area contributed by atoms with Crippen LogP contribution in [0, 0.1) is 5.92 Å². The Morgan fingerprint density at radius 1 is 1.05 bits per heavy atom. The first-order valence-corrected chi connectivity index (χ1v) is 8.67. The van der Waals surface area contributed by atoms with Gasteiger partial charge in [0.15, 0.2) is 0 Å². The molecule has 1 aliphatic heterocycles. The Hall–Kier alpha value is -0.0800. The minimum Gasteiger partial charge on any atom is -0.378 e. The van der Waals surface area contributed by atoms with Crippen molar-refractivity contribution in [1.82, 2.24) is 5.32 Å². The van der Waals surface area contributed by atoms with Gasteiger partial charge in [0.2, 0.25) is 0 Å². The van der Waals surface area contributed by atoms with Crippen LogP contribution in [0.1, 0.15) is 77.0 Å². The molecule has 0 amide bonds. The highest BCUT2D eigenvalue weighted by atomic mass is 16.5. The van der Waals surface area contributed by atoms with Gasteiger partial charge in [0.05, 0.1) is 6.10 Å². The van der Waals surface area contributed by atoms with Gasteiger partial charge < -0.3 is 10.1 Å². The van der Waals surface area contributed by atoms with Gasteiger partial charge in [-0.1, -0.05) is 38.5 Å². The van der Waals surface area contributed by atoms with Gasteiger partial charge in [0.1, 0.15) is 0 Å². The van der Waals surface area contributed by atoms with Crippen LogP contribution in [0.25, 0.3) is 0 Å². The Balaban J connectivity index is 1.61. The van der Waals surface area contributed by atoms with Crippen LogP contribution in [0.4, 0.5) is 0 Å². The van der Waals surface area contributed by atoms with Crippen LogP contribution in [-0.4, -0.2) is 25.8 Å². The van der Waals surface area contributed by atoms with Crippen LogP contribution < -0.4 is 5.32 Å². The number of ether oxygens (including phenoxy) is 1. The molecule has 112 valence electrons. The van der Waals surface area contributed by atoms with E-state index < -0.39 is 0 Å². The third-order valence-electron chi connectivity index (χ3n) is 5.10. The third-order valence-corrected chi connectivity index (χ3v) is 5.10. The maximum Gasteiger partial charge on any atom is 0.0576 e. The maximum absolute atomic E-state index is 5.71. The molecule has 2 unspecified atom stereocenters. The van der Waals surface area contributed by atoms with Gasteiger partial charge >= 0.3 is 0 Å². The number of nitrogens with one attached hydrogen (secondary N) is 1. The summed E-state index contributed by atoms with van der Waals surface area (Å²) in [5, 5.41) is 3.55. The fourth-order valence-corrected chi connectivity index (χ4v) is 3.85. The summed E-state index contributed by atoms with van der Waals surface area (Å²) in [5.74, 6) is 0.989. The second-order valence-corrected chi connectivity index (χ2v) is 6.64. The number of rotatable bonds is 7. The topological polar surface area (TPSA) is 21.3 Å². The molecule has 2 fully saturated rings. The van der Waals surface area contributed by atoms with Crippen molar-refractivity contribution < 1.29 is 4.74 Å². The molecule has 0 radical (unpaired) electrons. The van der Waals surface area contributed by atoms with Gasteiger partial charge in [0, 0.05) is 12.6 Å². The van der Waals surface area contributed by atoms with Crippen molar-refractivity contribution in [2.24, 2.45) is 5.92 Å². The lowest BCUT2D eigenvalue weighted by Crippen LogP contribution is -2.28. The van der Waals surface area contributed by atoms with Crippen molar-refractivity contribution in [2.75, 3.05) is 13.7 Å². The summed E-state index contributed by atoms with van der Waals surface area (Å²) in [7, 11) is 2.15. The van der Waals surface area contributed by atoms with Gasteiger partial charge in [-0.3, -0.25) is 0 Å². The molecular weight excluding hydrogens is 234 g/mol. The van der Waals surface area contributed by atoms with Crippen molar-refractivity contribution in [1.29, 1.82) is 0 Å². The summed E-state index contributed by atoms with van der Waals surface area (Å²) in [6.07, 6.45) is 17.4. The van der Waals surface area contributed by atoms with Crippen LogP contribution in [-0.2, 0) is 4.74 Å². The molecular formula is C17H33NO. The monoisotopic (exact) mass is 267 g/mol. The Morgan fingerprint density at radius 2 is 1.84 bits per heavy atom. The second kappa shape index (κ2) is 8.97. The van der Waals surface area contributed by atoms with E-state index in [0.29, 0.717) is 6.10 Å². The molecule has 2 atom stereocenters. The van der Waals surface area contributed by atoms with Gasteiger partial charge in [-0.15, -0.1) is 0 Å². The molecule has 1 saturated carbocycles. The first-order valence-electron chi connectivity index (χ1n) is 8.67. The minimum atomic E-state index is 0.579. The molecule has 19 heavy (non-hydrogen) atoms. The van der Waals surface area contributed by atoms with Crippen LogP contribution in [0.3, 0.4) is 0 Å². The average molecular weight is 267 g/mol. The zero-order valence-corrected chi connectivity index (χ0v) is 12.8. The molecule has 2 heteroatoms. The molecule has 1 aliphatic carbocycles. The molecule has 2 nitrogen and oxygen atoms in total. The van der Waals surface area contributed by atoms with E-state index in [9.17, 15) is 0 Å². The van der Waals surface area contributed by atoms with Gasteiger partial charge in [0.25, 0.3) is 0 Å². The molecule has 2 aliphatic rings. The first kappa shape index (κ1) is 15.3. The predicted octanol–water partition coefficient (Wildman–Crippen LogP) is 4.28. The summed E-state index contributed by atoms with van der Waals surface area (Å²) in [5.41, 5.74) is 0. The van der Waals surface area contributed by atoms with Gasteiger partial charge in [-0.2, -0.15) is 0 Å². The van der Waals surface area contributed by atoms with Gasteiger partial charge in [-0.25, -0.2) is 0 Å². The van der Waals surface area contributed by atoms with E-state index in [2.05, 4.69) is 12.4 Å². The summed E-state index contributed by atoms with van der Waals surface area (Å²) >= 11 is 0. The first-order chi connectivity index (χ1) is 9.38. The second-order valence-electron chi connectivity index (χ2n) is 6.64. The fraction of sp³-hybridized carbons (Fsp3) is 1.00. The van der Waals surface area contributed by atoms with Crippen LogP contribution >= 0.6 is 0 Å². The summed E-state index contributed by atoms with van der Waals surface area (Å²) in [6, 6.07) is 0.740. The SMILES string of the molecule is CNC(CCCC1CCCO1)CC1CCCCCC1. The minimum absolute atomic E-state index is 0.579. The maximum atomic E-state index is 5.71. The average Bonchev–Trinajstić information content (AvgIpc) is 2.81. The zero-order chi connectivity index (χ0) is 13.3. The molecule has 0 aromatic carbocycles. The van der Waals surface area contributed by atoms with E-state index in [0.717, 1.165) is 18.6 Å². The van der Waals surface area contributed by atoms with E-state index >= 15 is 0 Å². The van der Waals surface area contributed by atoms with E-state index in [-0.39, 0.29) is 0 Å². The summed E-state index contributed by atoms with van der Waals surface area (Å²) < 4.78 is 5.71.